The molecule has 18 heavy (non-hydrogen) atoms. The summed E-state index contributed by atoms with van der Waals surface area (Å²) in [5.74, 6) is 0. The molecular weight excluding hydrogens is 226 g/mol. The Bertz CT molecular complexity index is 357. The first-order valence-electron chi connectivity index (χ1n) is 6.61. The van der Waals surface area contributed by atoms with Gasteiger partial charge in [0.05, 0.1) is 6.10 Å². The quantitative estimate of drug-likeness (QED) is 0.849. The lowest BCUT2D eigenvalue weighted by Gasteiger charge is -2.38. The third-order valence-electron chi connectivity index (χ3n) is 3.75. The van der Waals surface area contributed by atoms with Gasteiger partial charge in [-0.2, -0.15) is 0 Å². The van der Waals surface area contributed by atoms with Crippen molar-refractivity contribution in [2.24, 2.45) is 0 Å². The monoisotopic (exact) mass is 249 g/mol. The van der Waals surface area contributed by atoms with Gasteiger partial charge in [0, 0.05) is 38.1 Å². The highest BCUT2D eigenvalue weighted by molar-refractivity contribution is 5.10. The molecule has 1 aromatic rings. The van der Waals surface area contributed by atoms with E-state index in [-0.39, 0.29) is 6.10 Å². The minimum Gasteiger partial charge on any atom is -0.393 e. The molecule has 0 aliphatic carbocycles. The van der Waals surface area contributed by atoms with Gasteiger partial charge in [-0.1, -0.05) is 0 Å². The van der Waals surface area contributed by atoms with Crippen LogP contribution in [-0.2, 0) is 6.42 Å². The Kier molecular flexibility index (Phi) is 4.69. The molecular formula is C14H23N3O. The van der Waals surface area contributed by atoms with E-state index in [0.717, 1.165) is 38.0 Å². The summed E-state index contributed by atoms with van der Waals surface area (Å²) < 4.78 is 0. The van der Waals surface area contributed by atoms with E-state index in [1.807, 2.05) is 12.1 Å². The van der Waals surface area contributed by atoms with Crippen LogP contribution in [0.2, 0.25) is 0 Å². The highest BCUT2D eigenvalue weighted by Crippen LogP contribution is 2.14. The second-order valence-corrected chi connectivity index (χ2v) is 5.35. The van der Waals surface area contributed by atoms with Gasteiger partial charge in [0.1, 0.15) is 0 Å². The maximum absolute atomic E-state index is 10.2. The van der Waals surface area contributed by atoms with Crippen LogP contribution in [0.4, 0.5) is 0 Å². The second-order valence-electron chi connectivity index (χ2n) is 5.35. The van der Waals surface area contributed by atoms with Crippen molar-refractivity contribution in [2.75, 3.05) is 33.7 Å². The van der Waals surface area contributed by atoms with Crippen LogP contribution in [0.1, 0.15) is 12.0 Å². The first-order valence-corrected chi connectivity index (χ1v) is 6.61. The van der Waals surface area contributed by atoms with Gasteiger partial charge in [0.2, 0.25) is 0 Å². The molecule has 100 valence electrons. The Morgan fingerprint density at radius 2 is 2.06 bits per heavy atom. The average molecular weight is 249 g/mol. The second kappa shape index (κ2) is 6.27. The lowest BCUT2D eigenvalue weighted by atomic mass is 10.0. The van der Waals surface area contributed by atoms with Gasteiger partial charge in [-0.15, -0.1) is 0 Å². The van der Waals surface area contributed by atoms with Crippen LogP contribution in [0.5, 0.6) is 0 Å². The third-order valence-corrected chi connectivity index (χ3v) is 3.75. The molecule has 2 rings (SSSR count). The minimum absolute atomic E-state index is 0.272. The van der Waals surface area contributed by atoms with E-state index < -0.39 is 0 Å². The maximum atomic E-state index is 10.2. The van der Waals surface area contributed by atoms with E-state index >= 15 is 0 Å². The molecule has 0 aromatic carbocycles. The maximum Gasteiger partial charge on any atom is 0.0596 e. The van der Waals surface area contributed by atoms with Gasteiger partial charge in [-0.25, -0.2) is 0 Å². The fraction of sp³-hybridized carbons (Fsp3) is 0.643. The number of hydrogen-bond acceptors (Lipinski definition) is 4. The SMILES string of the molecule is CN1CCN(C)C(CC(O)Cc2ccncc2)C1. The lowest BCUT2D eigenvalue weighted by Crippen LogP contribution is -2.51. The standard InChI is InChI=1S/C14H23N3O/c1-16-7-8-17(2)13(11-16)10-14(18)9-12-3-5-15-6-4-12/h3-6,13-14,18H,7-11H2,1-2H3. The van der Waals surface area contributed by atoms with Crippen molar-refractivity contribution in [3.63, 3.8) is 0 Å². The van der Waals surface area contributed by atoms with Crippen molar-refractivity contribution >= 4 is 0 Å². The summed E-state index contributed by atoms with van der Waals surface area (Å²) >= 11 is 0. The van der Waals surface area contributed by atoms with Crippen LogP contribution in [0, 0.1) is 0 Å². The number of pyridine rings is 1. The zero-order valence-corrected chi connectivity index (χ0v) is 11.3. The molecule has 1 fully saturated rings. The highest BCUT2D eigenvalue weighted by Gasteiger charge is 2.24. The average Bonchev–Trinajstić information content (AvgIpc) is 2.35. The Labute approximate surface area is 109 Å². The molecule has 1 aromatic heterocycles. The third kappa shape index (κ3) is 3.77. The van der Waals surface area contributed by atoms with Crippen LogP contribution in [0.3, 0.4) is 0 Å². The van der Waals surface area contributed by atoms with Crippen LogP contribution < -0.4 is 0 Å². The lowest BCUT2D eigenvalue weighted by molar-refractivity contribution is 0.0639. The molecule has 1 aliphatic rings. The zero-order chi connectivity index (χ0) is 13.0. The summed E-state index contributed by atoms with van der Waals surface area (Å²) in [4.78, 5) is 8.69. The Balaban J connectivity index is 1.85. The van der Waals surface area contributed by atoms with Crippen LogP contribution in [-0.4, -0.2) is 65.8 Å². The van der Waals surface area contributed by atoms with E-state index in [9.17, 15) is 5.11 Å². The first-order chi connectivity index (χ1) is 8.65. The van der Waals surface area contributed by atoms with E-state index in [0.29, 0.717) is 6.04 Å². The number of rotatable bonds is 4. The fourth-order valence-electron chi connectivity index (χ4n) is 2.54. The summed E-state index contributed by atoms with van der Waals surface area (Å²) in [6.07, 6.45) is 4.84. The summed E-state index contributed by atoms with van der Waals surface area (Å²) in [6.45, 7) is 3.25. The van der Waals surface area contributed by atoms with Gasteiger partial charge >= 0.3 is 0 Å². The number of aromatic nitrogens is 1. The molecule has 0 bridgehead atoms. The topological polar surface area (TPSA) is 39.6 Å². The molecule has 1 saturated heterocycles. The fourth-order valence-corrected chi connectivity index (χ4v) is 2.54. The highest BCUT2D eigenvalue weighted by atomic mass is 16.3. The zero-order valence-electron chi connectivity index (χ0n) is 11.3. The summed E-state index contributed by atoms with van der Waals surface area (Å²) in [7, 11) is 4.30. The molecule has 0 amide bonds. The summed E-state index contributed by atoms with van der Waals surface area (Å²) in [6, 6.07) is 4.40. The van der Waals surface area contributed by atoms with Gasteiger partial charge in [-0.05, 0) is 44.6 Å². The van der Waals surface area contributed by atoms with Crippen molar-refractivity contribution in [3.8, 4) is 0 Å². The molecule has 2 unspecified atom stereocenters. The number of nitrogens with zero attached hydrogens (tertiary/aromatic N) is 3. The van der Waals surface area contributed by atoms with Crippen molar-refractivity contribution in [1.82, 2.24) is 14.8 Å². The molecule has 2 heterocycles. The molecule has 1 N–H and O–H groups in total. The van der Waals surface area contributed by atoms with Crippen molar-refractivity contribution < 1.29 is 5.11 Å². The van der Waals surface area contributed by atoms with Crippen LogP contribution in [0.25, 0.3) is 0 Å². The van der Waals surface area contributed by atoms with Crippen LogP contribution in [0.15, 0.2) is 24.5 Å². The molecule has 0 spiro atoms. The van der Waals surface area contributed by atoms with Gasteiger partial charge in [0.25, 0.3) is 0 Å². The van der Waals surface area contributed by atoms with Gasteiger partial charge in [-0.3, -0.25) is 4.98 Å². The normalized spacial score (nSPS) is 24.1. The number of aliphatic hydroxyl groups is 1. The van der Waals surface area contributed by atoms with E-state index in [1.165, 1.54) is 0 Å². The van der Waals surface area contributed by atoms with E-state index in [4.69, 9.17) is 0 Å². The number of likely N-dealkylation sites (N-methyl/N-ethyl adjacent to an activating group) is 2. The predicted octanol–water partition coefficient (Wildman–Crippen LogP) is 0.621. The molecule has 4 nitrogen and oxygen atoms in total. The van der Waals surface area contributed by atoms with Gasteiger partial charge in [0.15, 0.2) is 0 Å². The number of hydrogen-bond donors (Lipinski definition) is 1. The molecule has 0 radical (unpaired) electrons. The van der Waals surface area contributed by atoms with Crippen molar-refractivity contribution in [2.45, 2.75) is 25.0 Å². The molecule has 4 heteroatoms. The Hall–Kier alpha value is -0.970. The molecule has 2 atom stereocenters. The largest absolute Gasteiger partial charge is 0.393 e. The van der Waals surface area contributed by atoms with E-state index in [2.05, 4.69) is 28.9 Å². The van der Waals surface area contributed by atoms with Gasteiger partial charge < -0.3 is 14.9 Å². The Morgan fingerprint density at radius 3 is 2.78 bits per heavy atom. The number of aliphatic hydroxyl groups excluding tert-OH is 1. The number of piperazine rings is 1. The minimum atomic E-state index is -0.272. The smallest absolute Gasteiger partial charge is 0.0596 e. The first kappa shape index (κ1) is 13.5. The van der Waals surface area contributed by atoms with Crippen LogP contribution >= 0.6 is 0 Å². The Morgan fingerprint density at radius 1 is 1.33 bits per heavy atom. The van der Waals surface area contributed by atoms with Crippen molar-refractivity contribution in [1.29, 1.82) is 0 Å². The predicted molar refractivity (Wildman–Crippen MR) is 72.5 cm³/mol. The summed E-state index contributed by atoms with van der Waals surface area (Å²) in [5.41, 5.74) is 1.16. The van der Waals surface area contributed by atoms with E-state index in [1.54, 1.807) is 12.4 Å². The van der Waals surface area contributed by atoms with Crippen molar-refractivity contribution in [3.05, 3.63) is 30.1 Å². The summed E-state index contributed by atoms with van der Waals surface area (Å²) in [5, 5.41) is 10.2. The molecule has 1 aliphatic heterocycles. The molecule has 0 saturated carbocycles.